The summed E-state index contributed by atoms with van der Waals surface area (Å²) in [5, 5.41) is 18.6. The Hall–Kier alpha value is -3.41. The molecule has 1 aliphatic heterocycles. The second-order valence-corrected chi connectivity index (χ2v) is 5.92. The van der Waals surface area contributed by atoms with E-state index in [1.165, 1.54) is 0 Å². The first kappa shape index (κ1) is 15.1. The van der Waals surface area contributed by atoms with Crippen LogP contribution >= 0.6 is 0 Å². The third-order valence-electron chi connectivity index (χ3n) is 4.43. The molecule has 0 spiro atoms. The lowest BCUT2D eigenvalue weighted by Crippen LogP contribution is -2.24. The molecule has 1 atom stereocenters. The molecule has 124 valence electrons. The van der Waals surface area contributed by atoms with Crippen LogP contribution < -0.4 is 5.32 Å². The first-order valence-corrected chi connectivity index (χ1v) is 7.91. The number of amides is 1. The number of carbonyl (C=O) groups excluding carboxylic acids is 1. The number of aromatic nitrogens is 2. The highest BCUT2D eigenvalue weighted by atomic mass is 16.4. The van der Waals surface area contributed by atoms with Gasteiger partial charge in [0.25, 0.3) is 0 Å². The number of carboxylic acids is 1. The predicted molar refractivity (Wildman–Crippen MR) is 92.5 cm³/mol. The fraction of sp³-hybridized carbons (Fsp3) is 0.105. The molecule has 0 bridgehead atoms. The second kappa shape index (κ2) is 5.90. The highest BCUT2D eigenvalue weighted by Crippen LogP contribution is 2.41. The van der Waals surface area contributed by atoms with Gasteiger partial charge in [-0.25, -0.2) is 4.79 Å². The van der Waals surface area contributed by atoms with Crippen LogP contribution in [-0.4, -0.2) is 27.2 Å². The minimum absolute atomic E-state index is 0.0165. The minimum atomic E-state index is -1.09. The predicted octanol–water partition coefficient (Wildman–Crippen LogP) is 3.25. The number of nitrogens with zero attached hydrogens (tertiary/aromatic N) is 1. The summed E-state index contributed by atoms with van der Waals surface area (Å²) in [6.07, 6.45) is 0.177. The number of benzene rings is 2. The third-order valence-corrected chi connectivity index (χ3v) is 4.43. The van der Waals surface area contributed by atoms with Gasteiger partial charge in [-0.3, -0.25) is 9.89 Å². The zero-order chi connectivity index (χ0) is 17.4. The molecule has 1 amide bonds. The van der Waals surface area contributed by atoms with Gasteiger partial charge in [-0.2, -0.15) is 5.10 Å². The average molecular weight is 333 g/mol. The van der Waals surface area contributed by atoms with Gasteiger partial charge in [0, 0.05) is 17.9 Å². The summed E-state index contributed by atoms with van der Waals surface area (Å²) in [5.41, 5.74) is 3.45. The Kier molecular flexibility index (Phi) is 3.57. The van der Waals surface area contributed by atoms with Crippen LogP contribution in [0.1, 0.15) is 34.0 Å². The largest absolute Gasteiger partial charge is 0.477 e. The number of H-pyrrole nitrogens is 1. The lowest BCUT2D eigenvalue weighted by Gasteiger charge is -2.25. The number of aromatic amines is 1. The van der Waals surface area contributed by atoms with Crippen LogP contribution in [0, 0.1) is 0 Å². The molecule has 2 aromatic carbocycles. The van der Waals surface area contributed by atoms with Gasteiger partial charge in [-0.1, -0.05) is 54.6 Å². The zero-order valence-electron chi connectivity index (χ0n) is 13.2. The second-order valence-electron chi connectivity index (χ2n) is 5.92. The molecule has 25 heavy (non-hydrogen) atoms. The Bertz CT molecular complexity index is 963. The summed E-state index contributed by atoms with van der Waals surface area (Å²) < 4.78 is 0. The molecule has 0 radical (unpaired) electrons. The van der Waals surface area contributed by atoms with E-state index >= 15 is 0 Å². The van der Waals surface area contributed by atoms with Gasteiger partial charge in [0.05, 0.1) is 0 Å². The SMILES string of the molecule is O=C1C[C@@H](c2ccccc2-c2ccccc2)c2c(n[nH]c2C(=O)O)N1. The van der Waals surface area contributed by atoms with E-state index in [4.69, 9.17) is 0 Å². The molecule has 3 aromatic rings. The minimum Gasteiger partial charge on any atom is -0.477 e. The Morgan fingerprint density at radius 3 is 2.56 bits per heavy atom. The number of fused-ring (bicyclic) bond motifs is 1. The highest BCUT2D eigenvalue weighted by Gasteiger charge is 2.34. The van der Waals surface area contributed by atoms with Crippen molar-refractivity contribution in [2.75, 3.05) is 5.32 Å². The molecule has 0 saturated heterocycles. The Morgan fingerprint density at radius 1 is 1.08 bits per heavy atom. The number of aromatic carboxylic acids is 1. The molecule has 0 unspecified atom stereocenters. The summed E-state index contributed by atoms with van der Waals surface area (Å²) in [6.45, 7) is 0. The molecule has 0 aliphatic carbocycles. The fourth-order valence-electron chi connectivity index (χ4n) is 3.37. The van der Waals surface area contributed by atoms with Crippen LogP contribution in [0.25, 0.3) is 11.1 Å². The van der Waals surface area contributed by atoms with E-state index in [1.807, 2.05) is 54.6 Å². The van der Waals surface area contributed by atoms with Crippen molar-refractivity contribution in [3.05, 3.63) is 71.4 Å². The normalized spacial score (nSPS) is 16.2. The Labute approximate surface area is 143 Å². The molecular weight excluding hydrogens is 318 g/mol. The van der Waals surface area contributed by atoms with Gasteiger partial charge in [-0.05, 0) is 16.7 Å². The van der Waals surface area contributed by atoms with Crippen LogP contribution in [0.4, 0.5) is 5.82 Å². The van der Waals surface area contributed by atoms with Gasteiger partial charge in [0.15, 0.2) is 5.82 Å². The van der Waals surface area contributed by atoms with Gasteiger partial charge in [-0.15, -0.1) is 0 Å². The summed E-state index contributed by atoms with van der Waals surface area (Å²) >= 11 is 0. The molecular formula is C19H15N3O3. The molecule has 3 N–H and O–H groups in total. The number of hydrogen-bond donors (Lipinski definition) is 3. The van der Waals surface area contributed by atoms with Crippen LogP contribution in [0.2, 0.25) is 0 Å². The molecule has 6 nitrogen and oxygen atoms in total. The van der Waals surface area contributed by atoms with Crippen molar-refractivity contribution >= 4 is 17.7 Å². The molecule has 0 saturated carbocycles. The van der Waals surface area contributed by atoms with E-state index in [9.17, 15) is 14.7 Å². The Balaban J connectivity index is 1.91. The van der Waals surface area contributed by atoms with Crippen molar-refractivity contribution in [3.63, 3.8) is 0 Å². The van der Waals surface area contributed by atoms with Gasteiger partial charge in [0.1, 0.15) is 5.69 Å². The van der Waals surface area contributed by atoms with E-state index in [2.05, 4.69) is 15.5 Å². The maximum absolute atomic E-state index is 12.1. The maximum Gasteiger partial charge on any atom is 0.354 e. The number of rotatable bonds is 3. The highest BCUT2D eigenvalue weighted by molar-refractivity contribution is 5.98. The molecule has 4 rings (SSSR count). The summed E-state index contributed by atoms with van der Waals surface area (Å²) in [6, 6.07) is 17.6. The van der Waals surface area contributed by atoms with E-state index in [0.29, 0.717) is 11.4 Å². The molecule has 2 heterocycles. The standard InChI is InChI=1S/C19H15N3O3/c23-15-10-14(16-17(19(24)25)21-22-18(16)20-15)13-9-5-4-8-12(13)11-6-2-1-3-7-11/h1-9,14H,10H2,(H,24,25)(H2,20,21,22,23)/t14-/m0/s1. The lowest BCUT2D eigenvalue weighted by molar-refractivity contribution is -0.116. The molecule has 0 fully saturated rings. The van der Waals surface area contributed by atoms with Crippen molar-refractivity contribution in [3.8, 4) is 11.1 Å². The van der Waals surface area contributed by atoms with Crippen LogP contribution in [-0.2, 0) is 4.79 Å². The number of carboxylic acid groups (broad SMARTS) is 1. The van der Waals surface area contributed by atoms with E-state index in [1.54, 1.807) is 0 Å². The van der Waals surface area contributed by atoms with Crippen LogP contribution in [0.3, 0.4) is 0 Å². The van der Waals surface area contributed by atoms with Crippen molar-refractivity contribution in [1.29, 1.82) is 0 Å². The van der Waals surface area contributed by atoms with E-state index < -0.39 is 5.97 Å². The third kappa shape index (κ3) is 2.57. The monoisotopic (exact) mass is 333 g/mol. The first-order valence-electron chi connectivity index (χ1n) is 7.91. The summed E-state index contributed by atoms with van der Waals surface area (Å²) in [5.74, 6) is -1.34. The van der Waals surface area contributed by atoms with Crippen LogP contribution in [0.15, 0.2) is 54.6 Å². The number of carbonyl (C=O) groups is 2. The number of nitrogens with one attached hydrogen (secondary N) is 2. The van der Waals surface area contributed by atoms with Gasteiger partial charge >= 0.3 is 5.97 Å². The van der Waals surface area contributed by atoms with Crippen LogP contribution in [0.5, 0.6) is 0 Å². The van der Waals surface area contributed by atoms with Crippen molar-refractivity contribution < 1.29 is 14.7 Å². The quantitative estimate of drug-likeness (QED) is 0.685. The van der Waals surface area contributed by atoms with E-state index in [-0.39, 0.29) is 23.9 Å². The molecule has 1 aromatic heterocycles. The van der Waals surface area contributed by atoms with E-state index in [0.717, 1.165) is 16.7 Å². The van der Waals surface area contributed by atoms with Crippen molar-refractivity contribution in [2.45, 2.75) is 12.3 Å². The van der Waals surface area contributed by atoms with Crippen molar-refractivity contribution in [2.24, 2.45) is 0 Å². The smallest absolute Gasteiger partial charge is 0.354 e. The fourth-order valence-corrected chi connectivity index (χ4v) is 3.37. The average Bonchev–Trinajstić information content (AvgIpc) is 3.06. The summed E-state index contributed by atoms with van der Waals surface area (Å²) in [7, 11) is 0. The van der Waals surface area contributed by atoms with Crippen molar-refractivity contribution in [1.82, 2.24) is 10.2 Å². The zero-order valence-corrected chi connectivity index (χ0v) is 13.2. The Morgan fingerprint density at radius 2 is 1.80 bits per heavy atom. The lowest BCUT2D eigenvalue weighted by atomic mass is 9.82. The topological polar surface area (TPSA) is 95.1 Å². The van der Waals surface area contributed by atoms with Gasteiger partial charge in [0.2, 0.25) is 5.91 Å². The maximum atomic E-state index is 12.1. The van der Waals surface area contributed by atoms with Gasteiger partial charge < -0.3 is 10.4 Å². The number of anilines is 1. The molecule has 6 heteroatoms. The first-order chi connectivity index (χ1) is 12.1. The summed E-state index contributed by atoms with van der Waals surface area (Å²) in [4.78, 5) is 23.7. The number of hydrogen-bond acceptors (Lipinski definition) is 3. The molecule has 1 aliphatic rings.